The van der Waals surface area contributed by atoms with Crippen molar-refractivity contribution in [1.29, 1.82) is 0 Å². The number of halogens is 1. The predicted octanol–water partition coefficient (Wildman–Crippen LogP) is 1.67. The summed E-state index contributed by atoms with van der Waals surface area (Å²) in [7, 11) is 0. The first-order valence-corrected chi connectivity index (χ1v) is 4.79. The monoisotopic (exact) mass is 254 g/mol. The summed E-state index contributed by atoms with van der Waals surface area (Å²) in [5.41, 5.74) is 7.58. The van der Waals surface area contributed by atoms with Crippen LogP contribution >= 0.6 is 15.9 Å². The van der Waals surface area contributed by atoms with Crippen LogP contribution in [0.2, 0.25) is 0 Å². The van der Waals surface area contributed by atoms with Gasteiger partial charge in [0.15, 0.2) is 0 Å². The maximum Gasteiger partial charge on any atom is 0.300 e. The van der Waals surface area contributed by atoms with E-state index in [0.29, 0.717) is 11.4 Å². The van der Waals surface area contributed by atoms with Crippen molar-refractivity contribution >= 4 is 38.0 Å². The lowest BCUT2D eigenvalue weighted by Crippen LogP contribution is -2.28. The number of amides is 2. The summed E-state index contributed by atoms with van der Waals surface area (Å²) in [5.74, 6) is -0.229. The molecule has 0 bridgehead atoms. The third-order valence-electron chi connectivity index (χ3n) is 2.11. The van der Waals surface area contributed by atoms with Crippen molar-refractivity contribution in [2.24, 2.45) is 0 Å². The molecular formula is C9H7BrN2O2. The molecule has 0 unspecified atom stereocenters. The van der Waals surface area contributed by atoms with Crippen LogP contribution in [0.4, 0.5) is 16.2 Å². The van der Waals surface area contributed by atoms with Crippen LogP contribution in [0.3, 0.4) is 0 Å². The van der Waals surface area contributed by atoms with E-state index in [2.05, 4.69) is 15.9 Å². The molecule has 5 heteroatoms. The van der Waals surface area contributed by atoms with Gasteiger partial charge in [-0.05, 0) is 23.8 Å². The summed E-state index contributed by atoms with van der Waals surface area (Å²) in [6.45, 7) is 0. The van der Waals surface area contributed by atoms with Gasteiger partial charge in [-0.15, -0.1) is 0 Å². The van der Waals surface area contributed by atoms with Crippen molar-refractivity contribution in [2.45, 2.75) is 6.42 Å². The number of nitrogen functional groups attached to an aromatic ring is 1. The fraction of sp³-hybridized carbons (Fsp3) is 0.111. The lowest BCUT2D eigenvalue weighted by atomic mass is 10.1. The van der Waals surface area contributed by atoms with Crippen LogP contribution in [0.25, 0.3) is 0 Å². The second kappa shape index (κ2) is 3.09. The van der Waals surface area contributed by atoms with E-state index in [0.717, 1.165) is 10.5 Å². The number of hydrogen-bond acceptors (Lipinski definition) is 3. The van der Waals surface area contributed by atoms with Gasteiger partial charge in [-0.3, -0.25) is 9.59 Å². The van der Waals surface area contributed by atoms with Crippen LogP contribution in [-0.4, -0.2) is 10.7 Å². The molecule has 4 nitrogen and oxygen atoms in total. The fourth-order valence-corrected chi connectivity index (χ4v) is 1.92. The van der Waals surface area contributed by atoms with Gasteiger partial charge in [0.05, 0.1) is 12.1 Å². The molecule has 72 valence electrons. The van der Waals surface area contributed by atoms with Gasteiger partial charge < -0.3 is 5.73 Å². The molecule has 1 aliphatic heterocycles. The van der Waals surface area contributed by atoms with Crippen LogP contribution in [0.15, 0.2) is 18.2 Å². The summed E-state index contributed by atoms with van der Waals surface area (Å²) in [6, 6.07) is 5.05. The number of fused-ring (bicyclic) bond motifs is 1. The average molecular weight is 255 g/mol. The van der Waals surface area contributed by atoms with E-state index in [4.69, 9.17) is 5.73 Å². The Hall–Kier alpha value is -1.36. The van der Waals surface area contributed by atoms with Crippen molar-refractivity contribution in [3.8, 4) is 0 Å². The molecule has 14 heavy (non-hydrogen) atoms. The summed E-state index contributed by atoms with van der Waals surface area (Å²) < 4.78 is 0. The van der Waals surface area contributed by atoms with Crippen molar-refractivity contribution < 1.29 is 9.59 Å². The number of benzene rings is 1. The van der Waals surface area contributed by atoms with Crippen molar-refractivity contribution in [2.75, 3.05) is 10.6 Å². The summed E-state index contributed by atoms with van der Waals surface area (Å²) in [5, 5.41) is 0. The fourth-order valence-electron chi connectivity index (χ4n) is 1.53. The number of hydrogen-bond donors (Lipinski definition) is 1. The van der Waals surface area contributed by atoms with E-state index in [1.54, 1.807) is 18.2 Å². The molecule has 2 amide bonds. The van der Waals surface area contributed by atoms with Gasteiger partial charge >= 0.3 is 4.82 Å². The number of nitrogens with zero attached hydrogens (tertiary/aromatic N) is 1. The molecule has 0 radical (unpaired) electrons. The Morgan fingerprint density at radius 2 is 2.21 bits per heavy atom. The van der Waals surface area contributed by atoms with Gasteiger partial charge in [0, 0.05) is 21.6 Å². The van der Waals surface area contributed by atoms with Crippen molar-refractivity contribution in [3.63, 3.8) is 0 Å². The Kier molecular flexibility index (Phi) is 2.03. The number of nitrogens with two attached hydrogens (primary N) is 1. The summed E-state index contributed by atoms with van der Waals surface area (Å²) in [6.07, 6.45) is 0.234. The van der Waals surface area contributed by atoms with Crippen LogP contribution < -0.4 is 10.6 Å². The highest BCUT2D eigenvalue weighted by Gasteiger charge is 2.30. The standard InChI is InChI=1S/C9H7BrN2O2/c10-9(14)12-7-2-1-6(11)3-5(7)4-8(12)13/h1-3H,4,11H2. The van der Waals surface area contributed by atoms with Gasteiger partial charge in [-0.2, -0.15) is 0 Å². The molecule has 2 rings (SSSR count). The maximum absolute atomic E-state index is 11.4. The third-order valence-corrected chi connectivity index (χ3v) is 2.47. The minimum Gasteiger partial charge on any atom is -0.399 e. The second-order valence-corrected chi connectivity index (χ2v) is 3.73. The number of carbonyl (C=O) groups excluding carboxylic acids is 2. The topological polar surface area (TPSA) is 63.4 Å². The quantitative estimate of drug-likeness (QED) is 0.435. The highest BCUT2D eigenvalue weighted by atomic mass is 79.9. The first-order valence-electron chi connectivity index (χ1n) is 4.00. The molecule has 1 aromatic carbocycles. The molecule has 1 aromatic rings. The molecule has 0 atom stereocenters. The molecule has 0 aliphatic carbocycles. The molecule has 0 fully saturated rings. The summed E-state index contributed by atoms with van der Waals surface area (Å²) in [4.78, 5) is 23.2. The Morgan fingerprint density at radius 3 is 2.86 bits per heavy atom. The SMILES string of the molecule is Nc1ccc2c(c1)CC(=O)N2C(=O)Br. The van der Waals surface area contributed by atoms with Crippen LogP contribution in [0.1, 0.15) is 5.56 Å². The highest BCUT2D eigenvalue weighted by molar-refractivity contribution is 9.18. The molecule has 0 saturated carbocycles. The van der Waals surface area contributed by atoms with Crippen LogP contribution in [0, 0.1) is 0 Å². The van der Waals surface area contributed by atoms with Gasteiger partial charge in [0.25, 0.3) is 0 Å². The maximum atomic E-state index is 11.4. The molecule has 1 aliphatic rings. The average Bonchev–Trinajstić information content (AvgIpc) is 2.39. The Labute approximate surface area is 88.8 Å². The van der Waals surface area contributed by atoms with E-state index in [1.807, 2.05) is 0 Å². The van der Waals surface area contributed by atoms with Crippen LogP contribution in [0.5, 0.6) is 0 Å². The Balaban J connectivity index is 2.53. The third kappa shape index (κ3) is 1.29. The first-order chi connectivity index (χ1) is 6.59. The molecule has 0 spiro atoms. The zero-order valence-electron chi connectivity index (χ0n) is 7.16. The minimum absolute atomic E-state index is 0.229. The molecular weight excluding hydrogens is 248 g/mol. The van der Waals surface area contributed by atoms with Crippen molar-refractivity contribution in [3.05, 3.63) is 23.8 Å². The van der Waals surface area contributed by atoms with E-state index < -0.39 is 4.82 Å². The van der Waals surface area contributed by atoms with Crippen LogP contribution in [-0.2, 0) is 11.2 Å². The zero-order valence-corrected chi connectivity index (χ0v) is 8.74. The van der Waals surface area contributed by atoms with E-state index in [9.17, 15) is 9.59 Å². The molecule has 0 saturated heterocycles. The lowest BCUT2D eigenvalue weighted by Gasteiger charge is -2.10. The van der Waals surface area contributed by atoms with Gasteiger partial charge in [0.2, 0.25) is 5.91 Å². The number of anilines is 2. The predicted molar refractivity (Wildman–Crippen MR) is 56.4 cm³/mol. The lowest BCUT2D eigenvalue weighted by molar-refractivity contribution is -0.116. The number of imide groups is 1. The second-order valence-electron chi connectivity index (χ2n) is 3.05. The van der Waals surface area contributed by atoms with E-state index in [1.165, 1.54) is 0 Å². The first kappa shape index (κ1) is 9.21. The molecule has 0 aromatic heterocycles. The number of rotatable bonds is 0. The van der Waals surface area contributed by atoms with E-state index >= 15 is 0 Å². The largest absolute Gasteiger partial charge is 0.399 e. The zero-order chi connectivity index (χ0) is 10.3. The van der Waals surface area contributed by atoms with Gasteiger partial charge in [-0.1, -0.05) is 0 Å². The molecule has 1 heterocycles. The summed E-state index contributed by atoms with van der Waals surface area (Å²) >= 11 is 2.76. The normalized spacial score (nSPS) is 14.4. The minimum atomic E-state index is -0.439. The van der Waals surface area contributed by atoms with E-state index in [-0.39, 0.29) is 12.3 Å². The Bertz CT molecular complexity index is 431. The number of carbonyl (C=O) groups is 2. The van der Waals surface area contributed by atoms with Gasteiger partial charge in [0.1, 0.15) is 0 Å². The Morgan fingerprint density at radius 1 is 1.50 bits per heavy atom. The molecule has 2 N–H and O–H groups in total. The smallest absolute Gasteiger partial charge is 0.300 e. The highest BCUT2D eigenvalue weighted by Crippen LogP contribution is 2.31. The van der Waals surface area contributed by atoms with Crippen molar-refractivity contribution in [1.82, 2.24) is 0 Å². The van der Waals surface area contributed by atoms with Gasteiger partial charge in [-0.25, -0.2) is 4.90 Å².